The summed E-state index contributed by atoms with van der Waals surface area (Å²) in [4.78, 5) is 11.6. The number of ether oxygens (including phenoxy) is 1. The number of aliphatic hydroxyl groups excluding tert-OH is 1. The molecule has 1 N–H and O–H groups in total. The van der Waals surface area contributed by atoms with E-state index in [1.54, 1.807) is 12.1 Å². The molecule has 0 heterocycles. The van der Waals surface area contributed by atoms with Gasteiger partial charge in [-0.25, -0.2) is 4.79 Å². The van der Waals surface area contributed by atoms with E-state index < -0.39 is 12.1 Å². The molecular formula is C17H20O3. The SMILES string of the molecule is CCCCC#C/C(=C\C(O)c1ccccc1)C(=O)OC. The lowest BCUT2D eigenvalue weighted by atomic mass is 10.1. The fourth-order valence-corrected chi connectivity index (χ4v) is 1.60. The molecule has 1 aromatic carbocycles. The molecule has 106 valence electrons. The number of unbranched alkanes of at least 4 members (excludes halogenated alkanes) is 2. The van der Waals surface area contributed by atoms with Gasteiger partial charge in [-0.3, -0.25) is 0 Å². The Morgan fingerprint density at radius 2 is 2.10 bits per heavy atom. The van der Waals surface area contributed by atoms with E-state index >= 15 is 0 Å². The third kappa shape index (κ3) is 5.29. The summed E-state index contributed by atoms with van der Waals surface area (Å²) in [5.41, 5.74) is 0.907. The average Bonchev–Trinajstić information content (AvgIpc) is 2.50. The summed E-state index contributed by atoms with van der Waals surface area (Å²) >= 11 is 0. The lowest BCUT2D eigenvalue weighted by Crippen LogP contribution is -2.05. The van der Waals surface area contributed by atoms with Crippen LogP contribution in [0.2, 0.25) is 0 Å². The molecule has 1 unspecified atom stereocenters. The van der Waals surface area contributed by atoms with Crippen molar-refractivity contribution in [1.82, 2.24) is 0 Å². The monoisotopic (exact) mass is 272 g/mol. The number of carbonyl (C=O) groups is 1. The van der Waals surface area contributed by atoms with Gasteiger partial charge in [-0.05, 0) is 18.1 Å². The Hall–Kier alpha value is -2.05. The van der Waals surface area contributed by atoms with Crippen LogP contribution in [0.5, 0.6) is 0 Å². The van der Waals surface area contributed by atoms with Crippen LogP contribution in [0.25, 0.3) is 0 Å². The zero-order valence-electron chi connectivity index (χ0n) is 11.9. The fraction of sp³-hybridized carbons (Fsp3) is 0.353. The van der Waals surface area contributed by atoms with Crippen LogP contribution in [-0.4, -0.2) is 18.2 Å². The summed E-state index contributed by atoms with van der Waals surface area (Å²) in [5.74, 6) is 5.19. The second kappa shape index (κ2) is 8.95. The molecule has 1 rings (SSSR count). The zero-order chi connectivity index (χ0) is 14.8. The highest BCUT2D eigenvalue weighted by Gasteiger charge is 2.11. The van der Waals surface area contributed by atoms with Crippen LogP contribution < -0.4 is 0 Å². The minimum atomic E-state index is -0.870. The van der Waals surface area contributed by atoms with Crippen molar-refractivity contribution in [3.63, 3.8) is 0 Å². The summed E-state index contributed by atoms with van der Waals surface area (Å²) in [7, 11) is 1.30. The number of methoxy groups -OCH3 is 1. The lowest BCUT2D eigenvalue weighted by molar-refractivity contribution is -0.135. The van der Waals surface area contributed by atoms with E-state index in [1.807, 2.05) is 18.2 Å². The Morgan fingerprint density at radius 3 is 2.70 bits per heavy atom. The number of hydrogen-bond donors (Lipinski definition) is 1. The first-order valence-corrected chi connectivity index (χ1v) is 6.71. The Morgan fingerprint density at radius 1 is 1.40 bits per heavy atom. The van der Waals surface area contributed by atoms with E-state index in [0.717, 1.165) is 19.3 Å². The topological polar surface area (TPSA) is 46.5 Å². The van der Waals surface area contributed by atoms with Crippen molar-refractivity contribution >= 4 is 5.97 Å². The molecule has 1 atom stereocenters. The molecule has 0 amide bonds. The van der Waals surface area contributed by atoms with Gasteiger partial charge in [0.1, 0.15) is 5.57 Å². The number of aliphatic hydroxyl groups is 1. The predicted octanol–water partition coefficient (Wildman–Crippen LogP) is 3.01. The number of hydrogen-bond acceptors (Lipinski definition) is 3. The Labute approximate surface area is 120 Å². The van der Waals surface area contributed by atoms with Gasteiger partial charge >= 0.3 is 5.97 Å². The van der Waals surface area contributed by atoms with Gasteiger partial charge in [0.15, 0.2) is 0 Å². The van der Waals surface area contributed by atoms with Crippen LogP contribution in [0.4, 0.5) is 0 Å². The molecule has 0 bridgehead atoms. The third-order valence-electron chi connectivity index (χ3n) is 2.75. The van der Waals surface area contributed by atoms with E-state index in [9.17, 15) is 9.90 Å². The van der Waals surface area contributed by atoms with Crippen molar-refractivity contribution < 1.29 is 14.6 Å². The van der Waals surface area contributed by atoms with Gasteiger partial charge in [0.05, 0.1) is 13.2 Å². The molecule has 0 aliphatic rings. The zero-order valence-corrected chi connectivity index (χ0v) is 11.9. The van der Waals surface area contributed by atoms with Crippen LogP contribution in [0.15, 0.2) is 42.0 Å². The van der Waals surface area contributed by atoms with Gasteiger partial charge in [0, 0.05) is 6.42 Å². The second-order valence-electron chi connectivity index (χ2n) is 4.33. The number of esters is 1. The van der Waals surface area contributed by atoms with E-state index in [-0.39, 0.29) is 5.57 Å². The van der Waals surface area contributed by atoms with E-state index in [1.165, 1.54) is 13.2 Å². The van der Waals surface area contributed by atoms with Gasteiger partial charge in [-0.2, -0.15) is 0 Å². The smallest absolute Gasteiger partial charge is 0.346 e. The molecule has 1 aromatic rings. The maximum absolute atomic E-state index is 11.6. The van der Waals surface area contributed by atoms with Gasteiger partial charge in [-0.1, -0.05) is 55.5 Å². The predicted molar refractivity (Wildman–Crippen MR) is 78.8 cm³/mol. The molecule has 3 heteroatoms. The molecule has 20 heavy (non-hydrogen) atoms. The summed E-state index contributed by atoms with van der Waals surface area (Å²) < 4.78 is 4.69. The van der Waals surface area contributed by atoms with Crippen LogP contribution in [0.3, 0.4) is 0 Å². The van der Waals surface area contributed by atoms with Crippen LogP contribution >= 0.6 is 0 Å². The molecular weight excluding hydrogens is 252 g/mol. The average molecular weight is 272 g/mol. The molecule has 0 fully saturated rings. The minimum absolute atomic E-state index is 0.194. The molecule has 0 radical (unpaired) electrons. The third-order valence-corrected chi connectivity index (χ3v) is 2.75. The molecule has 0 saturated heterocycles. The molecule has 3 nitrogen and oxygen atoms in total. The minimum Gasteiger partial charge on any atom is -0.465 e. The van der Waals surface area contributed by atoms with Crippen molar-refractivity contribution in [1.29, 1.82) is 0 Å². The standard InChI is InChI=1S/C17H20O3/c1-3-4-5-7-12-15(17(19)20-2)13-16(18)14-10-8-6-9-11-14/h6,8-11,13,16,18H,3-5H2,1-2H3/b15-13+. The first-order chi connectivity index (χ1) is 9.69. The lowest BCUT2D eigenvalue weighted by Gasteiger charge is -2.06. The summed E-state index contributed by atoms with van der Waals surface area (Å²) in [6.45, 7) is 2.08. The maximum atomic E-state index is 11.6. The Bertz CT molecular complexity index is 506. The quantitative estimate of drug-likeness (QED) is 0.388. The van der Waals surface area contributed by atoms with Crippen molar-refractivity contribution in [2.24, 2.45) is 0 Å². The molecule has 0 aliphatic heterocycles. The first-order valence-electron chi connectivity index (χ1n) is 6.71. The van der Waals surface area contributed by atoms with E-state index in [4.69, 9.17) is 0 Å². The summed E-state index contributed by atoms with van der Waals surface area (Å²) in [6, 6.07) is 9.11. The normalized spacial score (nSPS) is 12.2. The van der Waals surface area contributed by atoms with Crippen molar-refractivity contribution in [2.45, 2.75) is 32.3 Å². The first kappa shape index (κ1) is 16.0. The van der Waals surface area contributed by atoms with E-state index in [2.05, 4.69) is 23.5 Å². The van der Waals surface area contributed by atoms with Crippen molar-refractivity contribution in [2.75, 3.05) is 7.11 Å². The van der Waals surface area contributed by atoms with Crippen molar-refractivity contribution in [3.8, 4) is 11.8 Å². The highest BCUT2D eigenvalue weighted by atomic mass is 16.5. The van der Waals surface area contributed by atoms with Gasteiger partial charge in [0.2, 0.25) is 0 Å². The Balaban J connectivity index is 2.89. The molecule has 0 spiro atoms. The summed E-state index contributed by atoms with van der Waals surface area (Å²) in [5, 5.41) is 10.1. The molecule has 0 aliphatic carbocycles. The number of carbonyl (C=O) groups excluding carboxylic acids is 1. The largest absolute Gasteiger partial charge is 0.465 e. The van der Waals surface area contributed by atoms with Crippen LogP contribution in [0, 0.1) is 11.8 Å². The second-order valence-corrected chi connectivity index (χ2v) is 4.33. The van der Waals surface area contributed by atoms with Gasteiger partial charge < -0.3 is 9.84 Å². The Kier molecular flexibility index (Phi) is 7.16. The number of benzene rings is 1. The highest BCUT2D eigenvalue weighted by Crippen LogP contribution is 2.15. The van der Waals surface area contributed by atoms with Crippen molar-refractivity contribution in [3.05, 3.63) is 47.5 Å². The summed E-state index contributed by atoms with van der Waals surface area (Å²) in [6.07, 6.45) is 3.33. The van der Waals surface area contributed by atoms with Crippen LogP contribution in [-0.2, 0) is 9.53 Å². The van der Waals surface area contributed by atoms with Crippen LogP contribution in [0.1, 0.15) is 37.9 Å². The fourth-order valence-electron chi connectivity index (χ4n) is 1.60. The highest BCUT2D eigenvalue weighted by molar-refractivity contribution is 5.93. The maximum Gasteiger partial charge on any atom is 0.346 e. The van der Waals surface area contributed by atoms with Gasteiger partial charge in [0.25, 0.3) is 0 Å². The van der Waals surface area contributed by atoms with Gasteiger partial charge in [-0.15, -0.1) is 0 Å². The molecule has 0 saturated carbocycles. The number of rotatable bonds is 5. The molecule has 0 aromatic heterocycles. The van der Waals surface area contributed by atoms with E-state index in [0.29, 0.717) is 5.56 Å².